The third kappa shape index (κ3) is 2.49. The first kappa shape index (κ1) is 12.9. The van der Waals surface area contributed by atoms with Crippen LogP contribution in [0.15, 0.2) is 12.1 Å². The zero-order valence-corrected chi connectivity index (χ0v) is 10.6. The molecule has 2 nitrogen and oxygen atoms in total. The summed E-state index contributed by atoms with van der Waals surface area (Å²) in [6.07, 6.45) is 2.28. The number of hydrogen-bond donors (Lipinski definition) is 1. The Hall–Kier alpha value is -1.07. The molecule has 2 atom stereocenters. The Bertz CT molecular complexity index is 474. The van der Waals surface area contributed by atoms with E-state index in [-0.39, 0.29) is 5.56 Å². The molecule has 3 aliphatic heterocycles. The van der Waals surface area contributed by atoms with Gasteiger partial charge in [0, 0.05) is 31.2 Å². The fourth-order valence-corrected chi connectivity index (χ4v) is 3.13. The standard InChI is InChI=1S/C14H17F3N2/c15-12-4-2-10(13(16)14(12)17)8-19-7-9-1-3-11(19)6-18-5-9/h2,4,9,11,18H,1,3,5-8H2/t9-,11+/m1/s1. The van der Waals surface area contributed by atoms with Crippen LogP contribution in [0.2, 0.25) is 0 Å². The highest BCUT2D eigenvalue weighted by Crippen LogP contribution is 2.27. The maximum Gasteiger partial charge on any atom is 0.194 e. The van der Waals surface area contributed by atoms with Gasteiger partial charge >= 0.3 is 0 Å². The Morgan fingerprint density at radius 1 is 1.11 bits per heavy atom. The number of piperidine rings is 1. The van der Waals surface area contributed by atoms with Crippen molar-refractivity contribution in [2.45, 2.75) is 25.4 Å². The van der Waals surface area contributed by atoms with Gasteiger partial charge in [0.05, 0.1) is 0 Å². The normalized spacial score (nSPS) is 27.5. The zero-order valence-electron chi connectivity index (χ0n) is 10.6. The van der Waals surface area contributed by atoms with Gasteiger partial charge in [0.25, 0.3) is 0 Å². The minimum Gasteiger partial charge on any atom is -0.315 e. The van der Waals surface area contributed by atoms with Crippen LogP contribution < -0.4 is 5.32 Å². The molecule has 0 amide bonds. The van der Waals surface area contributed by atoms with Gasteiger partial charge in [-0.3, -0.25) is 4.90 Å². The smallest absolute Gasteiger partial charge is 0.194 e. The summed E-state index contributed by atoms with van der Waals surface area (Å²) in [5, 5.41) is 3.39. The Morgan fingerprint density at radius 3 is 2.79 bits per heavy atom. The SMILES string of the molecule is Fc1ccc(CN2C[C@@H]3CC[C@H]2CNC3)c(F)c1F. The van der Waals surface area contributed by atoms with Crippen molar-refractivity contribution in [3.05, 3.63) is 35.1 Å². The summed E-state index contributed by atoms with van der Waals surface area (Å²) in [6, 6.07) is 2.72. The van der Waals surface area contributed by atoms with E-state index in [0.29, 0.717) is 18.5 Å². The van der Waals surface area contributed by atoms with Gasteiger partial charge in [-0.25, -0.2) is 13.2 Å². The van der Waals surface area contributed by atoms with Gasteiger partial charge in [0.2, 0.25) is 0 Å². The number of nitrogens with one attached hydrogen (secondary N) is 1. The zero-order chi connectivity index (χ0) is 13.4. The third-order valence-electron chi connectivity index (χ3n) is 4.22. The second-order valence-corrected chi connectivity index (χ2v) is 5.52. The highest BCUT2D eigenvalue weighted by Gasteiger charge is 2.31. The van der Waals surface area contributed by atoms with Crippen molar-refractivity contribution in [1.82, 2.24) is 10.2 Å². The third-order valence-corrected chi connectivity index (χ3v) is 4.22. The van der Waals surface area contributed by atoms with E-state index in [0.717, 1.165) is 32.1 Å². The summed E-state index contributed by atoms with van der Waals surface area (Å²) in [7, 11) is 0. The van der Waals surface area contributed by atoms with Crippen molar-refractivity contribution in [3.63, 3.8) is 0 Å². The molecule has 1 aromatic carbocycles. The summed E-state index contributed by atoms with van der Waals surface area (Å²) >= 11 is 0. The van der Waals surface area contributed by atoms with Crippen LogP contribution in [0, 0.1) is 23.4 Å². The first-order chi connectivity index (χ1) is 9.15. The molecule has 3 fully saturated rings. The van der Waals surface area contributed by atoms with Crippen molar-refractivity contribution in [3.8, 4) is 0 Å². The largest absolute Gasteiger partial charge is 0.315 e. The number of nitrogens with zero attached hydrogens (tertiary/aromatic N) is 1. The Labute approximate surface area is 110 Å². The molecule has 3 aliphatic rings. The fraction of sp³-hybridized carbons (Fsp3) is 0.571. The van der Waals surface area contributed by atoms with E-state index < -0.39 is 17.5 Å². The van der Waals surface area contributed by atoms with E-state index >= 15 is 0 Å². The van der Waals surface area contributed by atoms with Crippen molar-refractivity contribution in [1.29, 1.82) is 0 Å². The van der Waals surface area contributed by atoms with Crippen LogP contribution in [0.25, 0.3) is 0 Å². The number of rotatable bonds is 2. The first-order valence-electron chi connectivity index (χ1n) is 6.72. The van der Waals surface area contributed by atoms with Crippen molar-refractivity contribution in [2.24, 2.45) is 5.92 Å². The molecule has 5 heteroatoms. The van der Waals surface area contributed by atoms with E-state index in [9.17, 15) is 13.2 Å². The van der Waals surface area contributed by atoms with E-state index in [1.165, 1.54) is 12.5 Å². The molecule has 3 heterocycles. The first-order valence-corrected chi connectivity index (χ1v) is 6.72. The topological polar surface area (TPSA) is 15.3 Å². The van der Waals surface area contributed by atoms with Crippen LogP contribution in [0.3, 0.4) is 0 Å². The molecular weight excluding hydrogens is 253 g/mol. The van der Waals surface area contributed by atoms with Gasteiger partial charge in [0.1, 0.15) is 0 Å². The second kappa shape index (κ2) is 5.13. The minimum atomic E-state index is -1.37. The van der Waals surface area contributed by atoms with Crippen LogP contribution in [-0.4, -0.2) is 30.6 Å². The summed E-state index contributed by atoms with van der Waals surface area (Å²) in [4.78, 5) is 2.18. The fourth-order valence-electron chi connectivity index (χ4n) is 3.13. The summed E-state index contributed by atoms with van der Waals surface area (Å²) in [5.41, 5.74) is 0.242. The summed E-state index contributed by atoms with van der Waals surface area (Å²) < 4.78 is 39.9. The molecule has 104 valence electrons. The van der Waals surface area contributed by atoms with Crippen LogP contribution in [-0.2, 0) is 6.54 Å². The van der Waals surface area contributed by atoms with Crippen LogP contribution in [0.1, 0.15) is 18.4 Å². The molecule has 0 unspecified atom stereocenters. The lowest BCUT2D eigenvalue weighted by Crippen LogP contribution is -2.43. The van der Waals surface area contributed by atoms with Crippen molar-refractivity contribution >= 4 is 0 Å². The quantitative estimate of drug-likeness (QED) is 0.829. The van der Waals surface area contributed by atoms with Crippen molar-refractivity contribution < 1.29 is 13.2 Å². The van der Waals surface area contributed by atoms with E-state index in [4.69, 9.17) is 0 Å². The molecule has 0 radical (unpaired) electrons. The van der Waals surface area contributed by atoms with Crippen molar-refractivity contribution in [2.75, 3.05) is 19.6 Å². The average Bonchev–Trinajstić information content (AvgIpc) is 2.74. The Kier molecular flexibility index (Phi) is 3.50. The van der Waals surface area contributed by atoms with Gasteiger partial charge in [0.15, 0.2) is 17.5 Å². The predicted octanol–water partition coefficient (Wildman–Crippen LogP) is 2.29. The van der Waals surface area contributed by atoms with Gasteiger partial charge in [-0.15, -0.1) is 0 Å². The van der Waals surface area contributed by atoms with Gasteiger partial charge < -0.3 is 5.32 Å². The van der Waals surface area contributed by atoms with Gasteiger partial charge in [-0.2, -0.15) is 0 Å². The molecule has 0 spiro atoms. The lowest BCUT2D eigenvalue weighted by molar-refractivity contribution is 0.124. The number of benzene rings is 1. The highest BCUT2D eigenvalue weighted by atomic mass is 19.2. The molecule has 2 bridgehead atoms. The lowest BCUT2D eigenvalue weighted by atomic mass is 9.94. The highest BCUT2D eigenvalue weighted by molar-refractivity contribution is 5.20. The lowest BCUT2D eigenvalue weighted by Gasteiger charge is -2.36. The predicted molar refractivity (Wildman–Crippen MR) is 66.1 cm³/mol. The van der Waals surface area contributed by atoms with Crippen LogP contribution in [0.4, 0.5) is 13.2 Å². The number of halogens is 3. The molecule has 0 aliphatic carbocycles. The second-order valence-electron chi connectivity index (χ2n) is 5.52. The molecule has 3 saturated heterocycles. The molecule has 0 aromatic heterocycles. The van der Waals surface area contributed by atoms with Crippen LogP contribution >= 0.6 is 0 Å². The molecule has 0 saturated carbocycles. The maximum absolute atomic E-state index is 13.7. The van der Waals surface area contributed by atoms with Crippen LogP contribution in [0.5, 0.6) is 0 Å². The minimum absolute atomic E-state index is 0.242. The summed E-state index contributed by atoms with van der Waals surface area (Å²) in [5.74, 6) is -2.96. The maximum atomic E-state index is 13.7. The molecule has 19 heavy (non-hydrogen) atoms. The number of hydrogen-bond acceptors (Lipinski definition) is 2. The van der Waals surface area contributed by atoms with E-state index in [1.54, 1.807) is 0 Å². The molecule has 1 N–H and O–H groups in total. The Morgan fingerprint density at radius 2 is 1.95 bits per heavy atom. The monoisotopic (exact) mass is 270 g/mol. The summed E-state index contributed by atoms with van der Waals surface area (Å²) in [6.45, 7) is 3.14. The average molecular weight is 270 g/mol. The molecule has 1 aromatic rings. The molecule has 4 rings (SSSR count). The molecular formula is C14H17F3N2. The number of fused-ring (bicyclic) bond motifs is 4. The van der Waals surface area contributed by atoms with E-state index in [2.05, 4.69) is 10.2 Å². The van der Waals surface area contributed by atoms with E-state index in [1.807, 2.05) is 0 Å². The van der Waals surface area contributed by atoms with Gasteiger partial charge in [-0.05, 0) is 31.4 Å². The van der Waals surface area contributed by atoms with Gasteiger partial charge in [-0.1, -0.05) is 6.07 Å². The Balaban J connectivity index is 1.80.